The van der Waals surface area contributed by atoms with Crippen LogP contribution in [0.3, 0.4) is 0 Å². The molecule has 2 aromatic heterocycles. The summed E-state index contributed by atoms with van der Waals surface area (Å²) in [4.78, 5) is 33.9. The molecule has 1 unspecified atom stereocenters. The molecule has 1 amide bonds. The van der Waals surface area contributed by atoms with Gasteiger partial charge in [0.2, 0.25) is 5.91 Å². The summed E-state index contributed by atoms with van der Waals surface area (Å²) in [6.45, 7) is 3.32. The molecule has 2 heterocycles. The predicted octanol–water partition coefficient (Wildman–Crippen LogP) is 6.33. The number of aromatic nitrogens is 2. The van der Waals surface area contributed by atoms with Gasteiger partial charge in [0.1, 0.15) is 16.2 Å². The molecule has 0 aliphatic heterocycles. The number of rotatable bonds is 6. The van der Waals surface area contributed by atoms with Gasteiger partial charge >= 0.3 is 0 Å². The fourth-order valence-electron chi connectivity index (χ4n) is 3.16. The van der Waals surface area contributed by atoms with Crippen molar-refractivity contribution < 1.29 is 9.59 Å². The molecule has 0 radical (unpaired) electrons. The molecule has 0 fully saturated rings. The van der Waals surface area contributed by atoms with Gasteiger partial charge in [0.15, 0.2) is 5.78 Å². The Kier molecular flexibility index (Phi) is 6.36. The summed E-state index contributed by atoms with van der Waals surface area (Å²) in [7, 11) is 0. The van der Waals surface area contributed by atoms with Crippen molar-refractivity contribution in [1.29, 1.82) is 0 Å². The van der Waals surface area contributed by atoms with Crippen LogP contribution in [0.25, 0.3) is 21.3 Å². The Hall–Kier alpha value is -2.74. The largest absolute Gasteiger partial charge is 0.326 e. The number of halogens is 1. The van der Waals surface area contributed by atoms with Gasteiger partial charge in [-0.1, -0.05) is 35.5 Å². The van der Waals surface area contributed by atoms with E-state index in [2.05, 4.69) is 20.7 Å². The highest BCUT2D eigenvalue weighted by molar-refractivity contribution is 8.00. The molecule has 0 bridgehead atoms. The van der Waals surface area contributed by atoms with Crippen molar-refractivity contribution in [1.82, 2.24) is 9.97 Å². The lowest BCUT2D eigenvalue weighted by atomic mass is 10.1. The number of ketones is 1. The van der Waals surface area contributed by atoms with Gasteiger partial charge < -0.3 is 5.32 Å². The van der Waals surface area contributed by atoms with E-state index < -0.39 is 0 Å². The van der Waals surface area contributed by atoms with Crippen molar-refractivity contribution in [2.45, 2.75) is 24.1 Å². The van der Waals surface area contributed by atoms with E-state index in [1.165, 1.54) is 25.0 Å². The second-order valence-electron chi connectivity index (χ2n) is 6.90. The maximum absolute atomic E-state index is 13.0. The van der Waals surface area contributed by atoms with Crippen LogP contribution in [0.5, 0.6) is 0 Å². The van der Waals surface area contributed by atoms with Gasteiger partial charge in [0.05, 0.1) is 10.6 Å². The first-order valence-electron chi connectivity index (χ1n) is 9.49. The number of amides is 1. The second-order valence-corrected chi connectivity index (χ2v) is 9.52. The summed E-state index contributed by atoms with van der Waals surface area (Å²) in [5, 5.41) is 6.81. The van der Waals surface area contributed by atoms with Gasteiger partial charge in [-0.3, -0.25) is 9.59 Å². The number of nitrogens with zero attached hydrogens (tertiary/aromatic N) is 2. The van der Waals surface area contributed by atoms with Gasteiger partial charge in [-0.25, -0.2) is 9.97 Å². The molecular weight excluding hydrogens is 450 g/mol. The molecule has 0 aliphatic carbocycles. The van der Waals surface area contributed by atoms with Crippen molar-refractivity contribution in [3.8, 4) is 11.1 Å². The third kappa shape index (κ3) is 4.79. The molecule has 8 heteroatoms. The summed E-state index contributed by atoms with van der Waals surface area (Å²) < 4.78 is 0. The molecule has 1 atom stereocenters. The van der Waals surface area contributed by atoms with E-state index in [1.807, 2.05) is 31.2 Å². The molecule has 5 nitrogen and oxygen atoms in total. The summed E-state index contributed by atoms with van der Waals surface area (Å²) >= 11 is 9.00. The van der Waals surface area contributed by atoms with Crippen molar-refractivity contribution in [3.63, 3.8) is 0 Å². The molecule has 2 aromatic carbocycles. The highest BCUT2D eigenvalue weighted by atomic mass is 35.5. The second kappa shape index (κ2) is 9.18. The number of anilines is 1. The van der Waals surface area contributed by atoms with Crippen molar-refractivity contribution in [3.05, 3.63) is 70.8 Å². The fraction of sp³-hybridized carbons (Fsp3) is 0.130. The average molecular weight is 468 g/mol. The average Bonchev–Trinajstić information content (AvgIpc) is 3.19. The zero-order valence-electron chi connectivity index (χ0n) is 16.8. The number of fused-ring (bicyclic) bond motifs is 1. The van der Waals surface area contributed by atoms with Crippen LogP contribution < -0.4 is 5.32 Å². The van der Waals surface area contributed by atoms with Crippen LogP contribution in [0.2, 0.25) is 5.02 Å². The Labute approximate surface area is 192 Å². The monoisotopic (exact) mass is 467 g/mol. The van der Waals surface area contributed by atoms with Gasteiger partial charge in [-0.05, 0) is 48.9 Å². The minimum absolute atomic E-state index is 0.00518. The van der Waals surface area contributed by atoms with E-state index in [-0.39, 0.29) is 16.9 Å². The number of thiophene rings is 1. The zero-order valence-corrected chi connectivity index (χ0v) is 19.1. The van der Waals surface area contributed by atoms with Gasteiger partial charge in [0.25, 0.3) is 0 Å². The fourth-order valence-corrected chi connectivity index (χ4v) is 5.27. The third-order valence-corrected chi connectivity index (χ3v) is 6.88. The molecule has 0 aliphatic rings. The standard InChI is InChI=1S/C23H18ClN3O2S2/c1-13(21(29)16-5-9-18(10-6-16)27-14(2)28)31-23-20-19(11-30-22(20)25-12-26-23)15-3-7-17(24)8-4-15/h3-13H,1-2H3,(H,27,28). The van der Waals surface area contributed by atoms with Crippen molar-refractivity contribution in [2.24, 2.45) is 0 Å². The maximum atomic E-state index is 13.0. The van der Waals surface area contributed by atoms with Crippen LogP contribution in [0, 0.1) is 0 Å². The summed E-state index contributed by atoms with van der Waals surface area (Å²) in [5.74, 6) is -0.155. The van der Waals surface area contributed by atoms with E-state index in [4.69, 9.17) is 11.6 Å². The van der Waals surface area contributed by atoms with Crippen LogP contribution in [0.4, 0.5) is 5.69 Å². The lowest BCUT2D eigenvalue weighted by molar-refractivity contribution is -0.114. The minimum Gasteiger partial charge on any atom is -0.326 e. The van der Waals surface area contributed by atoms with Crippen LogP contribution in [-0.4, -0.2) is 26.9 Å². The maximum Gasteiger partial charge on any atom is 0.221 e. The number of carbonyl (C=O) groups is 2. The van der Waals surface area contributed by atoms with E-state index in [0.717, 1.165) is 26.4 Å². The normalized spacial score (nSPS) is 12.0. The van der Waals surface area contributed by atoms with E-state index in [9.17, 15) is 9.59 Å². The summed E-state index contributed by atoms with van der Waals surface area (Å²) in [6.07, 6.45) is 1.53. The lowest BCUT2D eigenvalue weighted by Gasteiger charge is -2.12. The topological polar surface area (TPSA) is 72.0 Å². The molecule has 0 saturated carbocycles. The highest BCUT2D eigenvalue weighted by Gasteiger charge is 2.21. The SMILES string of the molecule is CC(=O)Nc1ccc(C(=O)C(C)Sc2ncnc3scc(-c4ccc(Cl)cc4)c23)cc1. The van der Waals surface area contributed by atoms with Gasteiger partial charge in [-0.2, -0.15) is 0 Å². The van der Waals surface area contributed by atoms with Crippen LogP contribution in [-0.2, 0) is 4.79 Å². The number of hydrogen-bond donors (Lipinski definition) is 1. The van der Waals surface area contributed by atoms with Gasteiger partial charge in [0, 0.05) is 34.1 Å². The smallest absolute Gasteiger partial charge is 0.221 e. The Morgan fingerprint density at radius 1 is 1.06 bits per heavy atom. The minimum atomic E-state index is -0.345. The molecule has 1 N–H and O–H groups in total. The number of hydrogen-bond acceptors (Lipinski definition) is 6. The number of thioether (sulfide) groups is 1. The molecule has 4 aromatic rings. The number of nitrogens with one attached hydrogen (secondary N) is 1. The van der Waals surface area contributed by atoms with Crippen LogP contribution in [0.15, 0.2) is 65.3 Å². The Morgan fingerprint density at radius 2 is 1.77 bits per heavy atom. The quantitative estimate of drug-likeness (QED) is 0.203. The van der Waals surface area contributed by atoms with E-state index in [1.54, 1.807) is 35.6 Å². The van der Waals surface area contributed by atoms with Crippen molar-refractivity contribution in [2.75, 3.05) is 5.32 Å². The number of carbonyl (C=O) groups excluding carboxylic acids is 2. The Balaban J connectivity index is 1.60. The highest BCUT2D eigenvalue weighted by Crippen LogP contribution is 2.39. The third-order valence-electron chi connectivity index (χ3n) is 4.64. The molecule has 0 spiro atoms. The summed E-state index contributed by atoms with van der Waals surface area (Å²) in [6, 6.07) is 14.6. The van der Waals surface area contributed by atoms with E-state index in [0.29, 0.717) is 16.3 Å². The Bertz CT molecular complexity index is 1250. The van der Waals surface area contributed by atoms with Crippen molar-refractivity contribution >= 4 is 62.3 Å². The zero-order chi connectivity index (χ0) is 22.0. The first-order valence-corrected chi connectivity index (χ1v) is 11.6. The lowest BCUT2D eigenvalue weighted by Crippen LogP contribution is -2.14. The summed E-state index contributed by atoms with van der Waals surface area (Å²) in [5.41, 5.74) is 3.30. The molecule has 0 saturated heterocycles. The first kappa shape index (κ1) is 21.5. The molecule has 31 heavy (non-hydrogen) atoms. The molecule has 4 rings (SSSR count). The number of benzene rings is 2. The Morgan fingerprint density at radius 3 is 2.45 bits per heavy atom. The molecular formula is C23H18ClN3O2S2. The van der Waals surface area contributed by atoms with E-state index >= 15 is 0 Å². The predicted molar refractivity (Wildman–Crippen MR) is 128 cm³/mol. The number of Topliss-reactive ketones (excluding diaryl/α,β-unsaturated/α-hetero) is 1. The van der Waals surface area contributed by atoms with Crippen LogP contribution in [0.1, 0.15) is 24.2 Å². The van der Waals surface area contributed by atoms with Crippen LogP contribution >= 0.6 is 34.7 Å². The van der Waals surface area contributed by atoms with Gasteiger partial charge in [-0.15, -0.1) is 11.3 Å². The molecule has 156 valence electrons. The first-order chi connectivity index (χ1) is 14.9.